The molecule has 0 aliphatic carbocycles. The minimum Gasteiger partial charge on any atom is -0.336 e. The molecule has 0 spiro atoms. The summed E-state index contributed by atoms with van der Waals surface area (Å²) in [5, 5.41) is 1.48. The van der Waals surface area contributed by atoms with Crippen LogP contribution in [0, 0.1) is 6.92 Å². The van der Waals surface area contributed by atoms with E-state index in [2.05, 4.69) is 66.9 Å². The van der Waals surface area contributed by atoms with Crippen LogP contribution in [0.4, 0.5) is 0 Å². The van der Waals surface area contributed by atoms with Gasteiger partial charge in [-0.3, -0.25) is 4.98 Å². The van der Waals surface area contributed by atoms with Crippen molar-refractivity contribution in [2.24, 2.45) is 0 Å². The molecule has 0 fully saturated rings. The summed E-state index contributed by atoms with van der Waals surface area (Å²) < 4.78 is 2.65. The molecular formula is C23H27N3. The predicted octanol–water partition coefficient (Wildman–Crippen LogP) is 4.47. The van der Waals surface area contributed by atoms with Crippen LogP contribution in [0.5, 0.6) is 0 Å². The number of nitrogens with zero attached hydrogens (tertiary/aromatic N) is 3. The lowest BCUT2D eigenvalue weighted by Gasteiger charge is -2.18. The second-order valence-electron chi connectivity index (χ2n) is 8.15. The Balaban J connectivity index is 1.72. The van der Waals surface area contributed by atoms with E-state index < -0.39 is 0 Å². The third-order valence-electron chi connectivity index (χ3n) is 6.38. The molecule has 2 aromatic heterocycles. The molecule has 5 rings (SSSR count). The Morgan fingerprint density at radius 3 is 2.85 bits per heavy atom. The second-order valence-corrected chi connectivity index (χ2v) is 8.15. The molecule has 0 saturated carbocycles. The molecule has 0 radical (unpaired) electrons. The van der Waals surface area contributed by atoms with Gasteiger partial charge in [0, 0.05) is 47.5 Å². The molecule has 0 amide bonds. The molecular weight excluding hydrogens is 318 g/mol. The fourth-order valence-corrected chi connectivity index (χ4v) is 5.10. The lowest BCUT2D eigenvalue weighted by atomic mass is 9.94. The molecule has 0 bridgehead atoms. The molecule has 3 nitrogen and oxygen atoms in total. The molecule has 3 aromatic rings. The molecule has 4 heterocycles. The molecule has 3 heteroatoms. The lowest BCUT2D eigenvalue weighted by molar-refractivity contribution is 0.321. The van der Waals surface area contributed by atoms with E-state index in [1.807, 2.05) is 0 Å². The van der Waals surface area contributed by atoms with Gasteiger partial charge in [-0.1, -0.05) is 24.6 Å². The van der Waals surface area contributed by atoms with Crippen LogP contribution < -0.4 is 0 Å². The van der Waals surface area contributed by atoms with Gasteiger partial charge in [0.2, 0.25) is 0 Å². The van der Waals surface area contributed by atoms with Crippen LogP contribution in [0.2, 0.25) is 0 Å². The molecule has 2 aliphatic rings. The summed E-state index contributed by atoms with van der Waals surface area (Å²) in [5.74, 6) is 0.626. The number of fused-ring (bicyclic) bond motifs is 3. The fraction of sp³-hybridized carbons (Fsp3) is 0.435. The maximum atomic E-state index is 4.69. The van der Waals surface area contributed by atoms with E-state index in [4.69, 9.17) is 4.98 Å². The molecule has 2 atom stereocenters. The largest absolute Gasteiger partial charge is 0.336 e. The summed E-state index contributed by atoms with van der Waals surface area (Å²) in [5.41, 5.74) is 8.50. The summed E-state index contributed by atoms with van der Waals surface area (Å²) in [6.45, 7) is 6.70. The van der Waals surface area contributed by atoms with E-state index in [0.29, 0.717) is 12.0 Å². The number of aryl methyl sites for hydroxylation is 2. The van der Waals surface area contributed by atoms with Crippen molar-refractivity contribution < 1.29 is 0 Å². The number of benzene rings is 1. The van der Waals surface area contributed by atoms with Gasteiger partial charge in [-0.15, -0.1) is 0 Å². The van der Waals surface area contributed by atoms with Crippen LogP contribution in [0.3, 0.4) is 0 Å². The Kier molecular flexibility index (Phi) is 3.68. The molecule has 2 unspecified atom stereocenters. The smallest absolute Gasteiger partial charge is 0.0610 e. The summed E-state index contributed by atoms with van der Waals surface area (Å²) in [6.07, 6.45) is 5.48. The molecule has 134 valence electrons. The van der Waals surface area contributed by atoms with Crippen molar-refractivity contribution in [3.8, 4) is 0 Å². The maximum absolute atomic E-state index is 4.69. The third kappa shape index (κ3) is 2.34. The standard InChI is InChI=1S/C23H27N3/c1-4-18-7-6-16(13-24-18)22-12-17-14-25(3)10-9-19-20-11-15(2)5-8-21(20)26(22)23(17)19/h5-8,11,13,17,22H,4,9-10,12,14H2,1-3H3. The Morgan fingerprint density at radius 1 is 1.19 bits per heavy atom. The predicted molar refractivity (Wildman–Crippen MR) is 107 cm³/mol. The number of aromatic nitrogens is 2. The first-order valence-corrected chi connectivity index (χ1v) is 9.92. The van der Waals surface area contributed by atoms with Gasteiger partial charge in [-0.25, -0.2) is 0 Å². The monoisotopic (exact) mass is 345 g/mol. The van der Waals surface area contributed by atoms with Gasteiger partial charge in [0.05, 0.1) is 6.04 Å². The van der Waals surface area contributed by atoms with Crippen molar-refractivity contribution in [3.05, 3.63) is 64.6 Å². The van der Waals surface area contributed by atoms with Crippen molar-refractivity contribution in [3.63, 3.8) is 0 Å². The zero-order valence-electron chi connectivity index (χ0n) is 16.0. The van der Waals surface area contributed by atoms with Crippen molar-refractivity contribution in [2.45, 2.75) is 45.1 Å². The van der Waals surface area contributed by atoms with Gasteiger partial charge in [0.1, 0.15) is 0 Å². The van der Waals surface area contributed by atoms with Crippen LogP contribution in [0.25, 0.3) is 10.9 Å². The van der Waals surface area contributed by atoms with Gasteiger partial charge in [0.25, 0.3) is 0 Å². The summed E-state index contributed by atoms with van der Waals surface area (Å²) in [4.78, 5) is 7.20. The van der Waals surface area contributed by atoms with Crippen LogP contribution in [-0.4, -0.2) is 34.6 Å². The quantitative estimate of drug-likeness (QED) is 0.683. The number of likely N-dealkylation sites (N-methyl/N-ethyl adjacent to an activating group) is 1. The summed E-state index contributed by atoms with van der Waals surface area (Å²) >= 11 is 0. The van der Waals surface area contributed by atoms with E-state index >= 15 is 0 Å². The van der Waals surface area contributed by atoms with E-state index in [-0.39, 0.29) is 0 Å². The SMILES string of the molecule is CCc1ccc(C2CC3CN(C)CCc4c3n2c2ccc(C)cc42)cn1. The fourth-order valence-electron chi connectivity index (χ4n) is 5.10. The Bertz CT molecular complexity index is 967. The molecule has 2 aliphatic heterocycles. The lowest BCUT2D eigenvalue weighted by Crippen LogP contribution is -2.23. The van der Waals surface area contributed by atoms with Gasteiger partial charge >= 0.3 is 0 Å². The minimum absolute atomic E-state index is 0.416. The van der Waals surface area contributed by atoms with Crippen LogP contribution >= 0.6 is 0 Å². The first-order valence-electron chi connectivity index (χ1n) is 9.92. The number of hydrogen-bond acceptors (Lipinski definition) is 2. The summed E-state index contributed by atoms with van der Waals surface area (Å²) in [7, 11) is 2.27. The van der Waals surface area contributed by atoms with Crippen molar-refractivity contribution in [1.82, 2.24) is 14.5 Å². The molecule has 0 N–H and O–H groups in total. The number of rotatable bonds is 2. The van der Waals surface area contributed by atoms with E-state index in [0.717, 1.165) is 19.4 Å². The zero-order chi connectivity index (χ0) is 17.8. The van der Waals surface area contributed by atoms with E-state index in [9.17, 15) is 0 Å². The van der Waals surface area contributed by atoms with E-state index in [1.54, 1.807) is 11.3 Å². The summed E-state index contributed by atoms with van der Waals surface area (Å²) in [6, 6.07) is 11.9. The average molecular weight is 345 g/mol. The minimum atomic E-state index is 0.416. The highest BCUT2D eigenvalue weighted by Gasteiger charge is 2.38. The first kappa shape index (κ1) is 16.1. The van der Waals surface area contributed by atoms with Crippen molar-refractivity contribution >= 4 is 10.9 Å². The van der Waals surface area contributed by atoms with Crippen molar-refractivity contribution in [1.29, 1.82) is 0 Å². The average Bonchev–Trinajstić information content (AvgIpc) is 3.10. The Labute approximate surface area is 155 Å². The van der Waals surface area contributed by atoms with E-state index in [1.165, 1.54) is 40.7 Å². The second kappa shape index (κ2) is 5.95. The van der Waals surface area contributed by atoms with Crippen LogP contribution in [0.1, 0.15) is 53.4 Å². The van der Waals surface area contributed by atoms with Crippen LogP contribution in [0.15, 0.2) is 36.5 Å². The highest BCUT2D eigenvalue weighted by atomic mass is 15.1. The van der Waals surface area contributed by atoms with Gasteiger partial charge in [0.15, 0.2) is 0 Å². The normalized spacial score (nSPS) is 22.6. The van der Waals surface area contributed by atoms with Gasteiger partial charge in [-0.05, 0) is 62.6 Å². The highest BCUT2D eigenvalue weighted by Crippen LogP contribution is 2.47. The maximum Gasteiger partial charge on any atom is 0.0610 e. The van der Waals surface area contributed by atoms with Gasteiger partial charge in [-0.2, -0.15) is 0 Å². The Morgan fingerprint density at radius 2 is 2.08 bits per heavy atom. The zero-order valence-corrected chi connectivity index (χ0v) is 16.0. The molecule has 0 saturated heterocycles. The topological polar surface area (TPSA) is 21.1 Å². The number of pyridine rings is 1. The highest BCUT2D eigenvalue weighted by molar-refractivity contribution is 5.87. The molecule has 1 aromatic carbocycles. The Hall–Kier alpha value is -2.13. The van der Waals surface area contributed by atoms with Crippen molar-refractivity contribution in [2.75, 3.05) is 20.1 Å². The molecule has 26 heavy (non-hydrogen) atoms. The van der Waals surface area contributed by atoms with Gasteiger partial charge < -0.3 is 9.47 Å². The van der Waals surface area contributed by atoms with Crippen LogP contribution in [-0.2, 0) is 12.8 Å². The number of hydrogen-bond donors (Lipinski definition) is 0. The third-order valence-corrected chi connectivity index (χ3v) is 6.38. The first-order chi connectivity index (χ1) is 12.7.